The first-order valence-electron chi connectivity index (χ1n) is 4.44. The summed E-state index contributed by atoms with van der Waals surface area (Å²) in [7, 11) is 0. The Balaban J connectivity index is 2.16. The minimum Gasteiger partial charge on any atom is -0.466 e. The van der Waals surface area contributed by atoms with Gasteiger partial charge >= 0.3 is 0 Å². The molecule has 0 fully saturated rings. The number of carbonyl (C=O) groups is 1. The zero-order valence-electron chi connectivity index (χ0n) is 8.09. The predicted octanol–water partition coefficient (Wildman–Crippen LogP) is 1.31. The highest BCUT2D eigenvalue weighted by Crippen LogP contribution is 2.05. The number of carbonyl (C=O) groups excluding carboxylic acids is 1. The maximum absolute atomic E-state index is 10.6. The first kappa shape index (κ1) is 9.99. The molecule has 0 radical (unpaired) electrons. The molecule has 0 aromatic carbocycles. The highest BCUT2D eigenvalue weighted by molar-refractivity contribution is 5.77. The Morgan fingerprint density at radius 2 is 2.31 bits per heavy atom. The number of ketones is 1. The van der Waals surface area contributed by atoms with Gasteiger partial charge in [-0.2, -0.15) is 0 Å². The fourth-order valence-corrected chi connectivity index (χ4v) is 1.10. The molecule has 0 spiro atoms. The van der Waals surface area contributed by atoms with Gasteiger partial charge in [-0.3, -0.25) is 4.79 Å². The van der Waals surface area contributed by atoms with Gasteiger partial charge in [0.15, 0.2) is 0 Å². The minimum atomic E-state index is 0.163. The van der Waals surface area contributed by atoms with Crippen LogP contribution in [0.4, 0.5) is 0 Å². The van der Waals surface area contributed by atoms with Gasteiger partial charge in [0.25, 0.3) is 0 Å². The molecule has 0 aliphatic carbocycles. The van der Waals surface area contributed by atoms with Gasteiger partial charge in [0.1, 0.15) is 17.3 Å². The Hall–Kier alpha value is -1.09. The van der Waals surface area contributed by atoms with E-state index in [0.29, 0.717) is 6.54 Å². The largest absolute Gasteiger partial charge is 0.466 e. The van der Waals surface area contributed by atoms with E-state index in [-0.39, 0.29) is 5.78 Å². The zero-order valence-corrected chi connectivity index (χ0v) is 8.09. The lowest BCUT2D eigenvalue weighted by Gasteiger charge is -1.99. The van der Waals surface area contributed by atoms with Crippen molar-refractivity contribution in [1.29, 1.82) is 0 Å². The van der Waals surface area contributed by atoms with E-state index in [1.807, 2.05) is 19.1 Å². The molecule has 72 valence electrons. The molecule has 0 saturated heterocycles. The summed E-state index contributed by atoms with van der Waals surface area (Å²) in [5, 5.41) is 3.03. The third-order valence-corrected chi connectivity index (χ3v) is 1.72. The first-order chi connectivity index (χ1) is 6.18. The molecule has 1 heterocycles. The van der Waals surface area contributed by atoms with Crippen molar-refractivity contribution >= 4 is 5.78 Å². The number of Topliss-reactive ketones (excluding diaryl/α,β-unsaturated/α-hetero) is 1. The summed E-state index contributed by atoms with van der Waals surface area (Å²) in [5.41, 5.74) is 0. The second-order valence-electron chi connectivity index (χ2n) is 3.14. The third kappa shape index (κ3) is 3.90. The molecule has 1 aromatic heterocycles. The van der Waals surface area contributed by atoms with Crippen LogP contribution in [0.1, 0.15) is 18.4 Å². The van der Waals surface area contributed by atoms with Crippen molar-refractivity contribution in [2.75, 3.05) is 13.1 Å². The van der Waals surface area contributed by atoms with Gasteiger partial charge in [0, 0.05) is 13.0 Å². The summed E-state index contributed by atoms with van der Waals surface area (Å²) < 4.78 is 5.37. The molecule has 0 unspecified atom stereocenters. The smallest absolute Gasteiger partial charge is 0.143 e. The fraction of sp³-hybridized carbons (Fsp3) is 0.500. The molecule has 3 heteroatoms. The van der Waals surface area contributed by atoms with Gasteiger partial charge in [0.05, 0.1) is 6.54 Å². The van der Waals surface area contributed by atoms with E-state index in [4.69, 9.17) is 4.42 Å². The molecule has 0 bridgehead atoms. The average Bonchev–Trinajstić information content (AvgIpc) is 2.45. The number of hydrogen-bond acceptors (Lipinski definition) is 3. The summed E-state index contributed by atoms with van der Waals surface area (Å²) in [6.07, 6.45) is 0.834. The molecule has 0 atom stereocenters. The summed E-state index contributed by atoms with van der Waals surface area (Å²) in [4.78, 5) is 10.6. The fourth-order valence-electron chi connectivity index (χ4n) is 1.10. The highest BCUT2D eigenvalue weighted by atomic mass is 16.3. The van der Waals surface area contributed by atoms with Crippen LogP contribution < -0.4 is 5.32 Å². The molecule has 1 N–H and O–H groups in total. The molecule has 13 heavy (non-hydrogen) atoms. The first-order valence-corrected chi connectivity index (χ1v) is 4.44. The van der Waals surface area contributed by atoms with Crippen LogP contribution in [0.25, 0.3) is 0 Å². The van der Waals surface area contributed by atoms with Gasteiger partial charge in [-0.05, 0) is 26.0 Å². The Kier molecular flexibility index (Phi) is 3.71. The number of aryl methyl sites for hydroxylation is 1. The highest BCUT2D eigenvalue weighted by Gasteiger charge is 1.98. The molecule has 1 aromatic rings. The van der Waals surface area contributed by atoms with Crippen LogP contribution in [-0.4, -0.2) is 18.9 Å². The van der Waals surface area contributed by atoms with Gasteiger partial charge in [-0.1, -0.05) is 0 Å². The van der Waals surface area contributed by atoms with Crippen molar-refractivity contribution in [3.05, 3.63) is 23.7 Å². The lowest BCUT2D eigenvalue weighted by molar-refractivity contribution is -0.116. The Morgan fingerprint density at radius 1 is 1.54 bits per heavy atom. The number of rotatable bonds is 5. The maximum atomic E-state index is 10.6. The molecule has 1 rings (SSSR count). The van der Waals surface area contributed by atoms with Crippen LogP contribution >= 0.6 is 0 Å². The Bertz CT molecular complexity index is 278. The van der Waals surface area contributed by atoms with E-state index in [1.54, 1.807) is 6.92 Å². The summed E-state index contributed by atoms with van der Waals surface area (Å²) >= 11 is 0. The number of furan rings is 1. The maximum Gasteiger partial charge on any atom is 0.143 e. The van der Waals surface area contributed by atoms with E-state index < -0.39 is 0 Å². The lowest BCUT2D eigenvalue weighted by Crippen LogP contribution is -2.23. The number of nitrogens with one attached hydrogen (secondary N) is 1. The SMILES string of the molecule is CC(=O)CNCCc1ccc(C)o1. The van der Waals surface area contributed by atoms with Gasteiger partial charge in [-0.15, -0.1) is 0 Å². The van der Waals surface area contributed by atoms with E-state index in [0.717, 1.165) is 24.5 Å². The predicted molar refractivity (Wildman–Crippen MR) is 50.7 cm³/mol. The van der Waals surface area contributed by atoms with Crippen LogP contribution in [-0.2, 0) is 11.2 Å². The van der Waals surface area contributed by atoms with Gasteiger partial charge in [-0.25, -0.2) is 0 Å². The lowest BCUT2D eigenvalue weighted by atomic mass is 10.3. The van der Waals surface area contributed by atoms with Crippen LogP contribution in [0.15, 0.2) is 16.5 Å². The quantitative estimate of drug-likeness (QED) is 0.696. The molecule has 3 nitrogen and oxygen atoms in total. The van der Waals surface area contributed by atoms with Crippen LogP contribution in [0.2, 0.25) is 0 Å². The van der Waals surface area contributed by atoms with E-state index in [2.05, 4.69) is 5.32 Å². The molecule has 0 amide bonds. The van der Waals surface area contributed by atoms with Crippen molar-refractivity contribution in [3.8, 4) is 0 Å². The van der Waals surface area contributed by atoms with Crippen LogP contribution in [0.5, 0.6) is 0 Å². The normalized spacial score (nSPS) is 10.3. The molecule has 0 aliphatic heterocycles. The van der Waals surface area contributed by atoms with E-state index in [1.165, 1.54) is 0 Å². The van der Waals surface area contributed by atoms with E-state index >= 15 is 0 Å². The average molecular weight is 181 g/mol. The monoisotopic (exact) mass is 181 g/mol. The van der Waals surface area contributed by atoms with Crippen molar-refractivity contribution in [3.63, 3.8) is 0 Å². The van der Waals surface area contributed by atoms with Crippen molar-refractivity contribution in [2.24, 2.45) is 0 Å². The van der Waals surface area contributed by atoms with Crippen LogP contribution in [0.3, 0.4) is 0 Å². The van der Waals surface area contributed by atoms with Crippen molar-refractivity contribution in [2.45, 2.75) is 20.3 Å². The third-order valence-electron chi connectivity index (χ3n) is 1.72. The number of hydrogen-bond donors (Lipinski definition) is 1. The van der Waals surface area contributed by atoms with Crippen molar-refractivity contribution in [1.82, 2.24) is 5.32 Å². The van der Waals surface area contributed by atoms with Crippen molar-refractivity contribution < 1.29 is 9.21 Å². The standard InChI is InChI=1S/C10H15NO2/c1-8(12)7-11-6-5-10-4-3-9(2)13-10/h3-4,11H,5-7H2,1-2H3. The second-order valence-corrected chi connectivity index (χ2v) is 3.14. The molecular formula is C10H15NO2. The van der Waals surface area contributed by atoms with Crippen LogP contribution in [0, 0.1) is 6.92 Å². The summed E-state index contributed by atoms with van der Waals surface area (Å²) in [5.74, 6) is 2.06. The molecular weight excluding hydrogens is 166 g/mol. The van der Waals surface area contributed by atoms with E-state index in [9.17, 15) is 4.79 Å². The Labute approximate surface area is 78.1 Å². The summed E-state index contributed by atoms with van der Waals surface area (Å²) in [6, 6.07) is 3.91. The summed E-state index contributed by atoms with van der Waals surface area (Å²) in [6.45, 7) is 4.72. The Morgan fingerprint density at radius 3 is 2.85 bits per heavy atom. The zero-order chi connectivity index (χ0) is 9.68. The topological polar surface area (TPSA) is 42.2 Å². The second kappa shape index (κ2) is 4.82. The molecule has 0 saturated carbocycles. The van der Waals surface area contributed by atoms with Gasteiger partial charge in [0.2, 0.25) is 0 Å². The molecule has 0 aliphatic rings. The van der Waals surface area contributed by atoms with Gasteiger partial charge < -0.3 is 9.73 Å². The minimum absolute atomic E-state index is 0.163.